The summed E-state index contributed by atoms with van der Waals surface area (Å²) in [5.41, 5.74) is -1.16. The van der Waals surface area contributed by atoms with Crippen molar-refractivity contribution in [3.05, 3.63) is 0 Å². The van der Waals surface area contributed by atoms with E-state index in [4.69, 9.17) is 0 Å². The second-order valence-electron chi connectivity index (χ2n) is 13.1. The molecule has 40 heavy (non-hydrogen) atoms. The molecular weight excluding hydrogens is 526 g/mol. The molecule has 2 amide bonds. The van der Waals surface area contributed by atoms with Gasteiger partial charge in [-0.1, -0.05) is 78.6 Å². The van der Waals surface area contributed by atoms with Crippen LogP contribution in [-0.4, -0.2) is 61.7 Å². The number of ketones is 1. The van der Waals surface area contributed by atoms with Gasteiger partial charge in [-0.15, -0.1) is 0 Å². The summed E-state index contributed by atoms with van der Waals surface area (Å²) in [5, 5.41) is 5.82. The molecule has 1 aliphatic heterocycles. The summed E-state index contributed by atoms with van der Waals surface area (Å²) in [4.78, 5) is 38.0. The summed E-state index contributed by atoms with van der Waals surface area (Å²) in [5.74, 6) is -0.173. The topological polar surface area (TPSA) is 113 Å². The van der Waals surface area contributed by atoms with Gasteiger partial charge in [-0.2, -0.15) is 4.31 Å². The summed E-state index contributed by atoms with van der Waals surface area (Å²) in [6.07, 6.45) is 16.6. The molecule has 3 fully saturated rings. The van der Waals surface area contributed by atoms with E-state index in [-0.39, 0.29) is 34.7 Å². The Bertz CT molecular complexity index is 966. The van der Waals surface area contributed by atoms with Crippen molar-refractivity contribution in [3.8, 4) is 0 Å². The van der Waals surface area contributed by atoms with E-state index >= 15 is 0 Å². The van der Waals surface area contributed by atoms with E-state index in [9.17, 15) is 22.8 Å². The van der Waals surface area contributed by atoms with Gasteiger partial charge in [-0.05, 0) is 49.9 Å². The first-order chi connectivity index (χ1) is 19.0. The predicted molar refractivity (Wildman–Crippen MR) is 159 cm³/mol. The van der Waals surface area contributed by atoms with Crippen molar-refractivity contribution in [1.29, 1.82) is 0 Å². The zero-order valence-electron chi connectivity index (χ0n) is 25.4. The van der Waals surface area contributed by atoms with Crippen LogP contribution in [0.1, 0.15) is 130 Å². The fraction of sp³-hybridized carbons (Fsp3) is 0.903. The van der Waals surface area contributed by atoms with Crippen molar-refractivity contribution in [1.82, 2.24) is 14.9 Å². The molecule has 2 unspecified atom stereocenters. The van der Waals surface area contributed by atoms with Crippen LogP contribution in [0.4, 0.5) is 0 Å². The van der Waals surface area contributed by atoms with Crippen LogP contribution in [0.5, 0.6) is 0 Å². The Morgan fingerprint density at radius 3 is 2.12 bits per heavy atom. The maximum absolute atomic E-state index is 13.5. The van der Waals surface area contributed by atoms with Crippen LogP contribution < -0.4 is 10.6 Å². The van der Waals surface area contributed by atoms with Crippen LogP contribution in [-0.2, 0) is 24.4 Å². The van der Waals surface area contributed by atoms with Crippen LogP contribution in [0.3, 0.4) is 0 Å². The second-order valence-corrected chi connectivity index (χ2v) is 15.0. The molecular formula is C31H55N3O5S. The summed E-state index contributed by atoms with van der Waals surface area (Å²) in [7, 11) is -3.77. The smallest absolute Gasteiger partial charge is 0.238 e. The van der Waals surface area contributed by atoms with Crippen LogP contribution in [0.15, 0.2) is 0 Å². The van der Waals surface area contributed by atoms with E-state index < -0.39 is 21.5 Å². The normalized spacial score (nSPS) is 25.9. The maximum Gasteiger partial charge on any atom is 0.238 e. The Morgan fingerprint density at radius 2 is 1.52 bits per heavy atom. The quantitative estimate of drug-likeness (QED) is 0.206. The van der Waals surface area contributed by atoms with Crippen molar-refractivity contribution in [2.24, 2.45) is 16.7 Å². The van der Waals surface area contributed by atoms with E-state index in [1.54, 1.807) is 0 Å². The summed E-state index contributed by atoms with van der Waals surface area (Å²) >= 11 is 0. The molecule has 2 aliphatic carbocycles. The van der Waals surface area contributed by atoms with Gasteiger partial charge in [0.05, 0.1) is 5.75 Å². The van der Waals surface area contributed by atoms with Crippen molar-refractivity contribution in [3.63, 3.8) is 0 Å². The molecule has 2 N–H and O–H groups in total. The third-order valence-electron chi connectivity index (χ3n) is 10.2. The van der Waals surface area contributed by atoms with Crippen molar-refractivity contribution in [2.75, 3.05) is 25.4 Å². The largest absolute Gasteiger partial charge is 0.356 e. The molecule has 0 spiro atoms. The highest BCUT2D eigenvalue weighted by molar-refractivity contribution is 7.89. The lowest BCUT2D eigenvalue weighted by atomic mass is 9.70. The van der Waals surface area contributed by atoms with Crippen molar-refractivity contribution >= 4 is 27.6 Å². The first kappa shape index (κ1) is 33.0. The Kier molecular flexibility index (Phi) is 12.5. The van der Waals surface area contributed by atoms with Gasteiger partial charge in [0.1, 0.15) is 11.8 Å². The first-order valence-corrected chi connectivity index (χ1v) is 17.7. The number of sulfonamides is 1. The Balaban J connectivity index is 1.30. The van der Waals surface area contributed by atoms with Gasteiger partial charge in [-0.25, -0.2) is 8.42 Å². The van der Waals surface area contributed by atoms with E-state index in [2.05, 4.69) is 17.6 Å². The summed E-state index contributed by atoms with van der Waals surface area (Å²) < 4.78 is 28.4. The van der Waals surface area contributed by atoms with E-state index in [1.807, 2.05) is 13.8 Å². The third kappa shape index (κ3) is 8.08. The van der Waals surface area contributed by atoms with Gasteiger partial charge in [-0.3, -0.25) is 14.4 Å². The molecule has 3 atom stereocenters. The van der Waals surface area contributed by atoms with E-state index in [0.29, 0.717) is 58.2 Å². The highest BCUT2D eigenvalue weighted by atomic mass is 32.2. The lowest BCUT2D eigenvalue weighted by Crippen LogP contribution is -2.51. The van der Waals surface area contributed by atoms with Gasteiger partial charge >= 0.3 is 0 Å². The number of unbranched alkanes of at least 4 members (excludes halogenated alkanes) is 9. The van der Waals surface area contributed by atoms with Crippen LogP contribution in [0, 0.1) is 16.7 Å². The number of rotatable bonds is 19. The van der Waals surface area contributed by atoms with Crippen LogP contribution in [0.2, 0.25) is 0 Å². The number of nitrogens with one attached hydrogen (secondary N) is 2. The Morgan fingerprint density at radius 1 is 0.900 bits per heavy atom. The molecule has 1 heterocycles. The third-order valence-corrected chi connectivity index (χ3v) is 12.2. The zero-order chi connectivity index (χ0) is 29.2. The average Bonchev–Trinajstić information content (AvgIpc) is 3.54. The number of nitrogens with zero attached hydrogens (tertiary/aromatic N) is 1. The zero-order valence-corrected chi connectivity index (χ0v) is 26.2. The first-order valence-electron chi connectivity index (χ1n) is 16.1. The molecule has 0 aromatic carbocycles. The lowest BCUT2D eigenvalue weighted by Gasteiger charge is -2.37. The molecule has 0 radical (unpaired) electrons. The molecule has 3 rings (SSSR count). The minimum absolute atomic E-state index is 0.00628. The minimum Gasteiger partial charge on any atom is -0.356 e. The number of fused-ring (bicyclic) bond motifs is 2. The minimum atomic E-state index is -3.77. The molecule has 2 bridgehead atoms. The highest BCUT2D eigenvalue weighted by Gasteiger charge is 2.66. The van der Waals surface area contributed by atoms with Gasteiger partial charge in [0, 0.05) is 37.9 Å². The fourth-order valence-electron chi connectivity index (χ4n) is 7.34. The molecule has 2 saturated carbocycles. The van der Waals surface area contributed by atoms with Gasteiger partial charge in [0.15, 0.2) is 0 Å². The monoisotopic (exact) mass is 581 g/mol. The molecule has 3 aliphatic rings. The molecule has 0 aromatic heterocycles. The number of amides is 2. The van der Waals surface area contributed by atoms with Crippen molar-refractivity contribution < 1.29 is 22.8 Å². The van der Waals surface area contributed by atoms with Crippen molar-refractivity contribution in [2.45, 2.75) is 136 Å². The lowest BCUT2D eigenvalue weighted by molar-refractivity contribution is -0.128. The standard InChI is InChI=1S/C31H55N3O5S/c1-4-5-6-7-8-9-10-11-12-13-20-32-28(36)17-14-21-33-29(37)26-16-15-22-34(26)40(38,39)24-31-19-18-25(23-27(31)35)30(31,2)3/h25-26H,4-24H2,1-3H3,(H,32,36)(H,33,37)/t25?,26-,31?/m0/s1. The number of Topliss-reactive ketones (excluding diaryl/α,β-unsaturated/α-hetero) is 1. The number of hydrogen-bond donors (Lipinski definition) is 2. The maximum atomic E-state index is 13.5. The molecule has 230 valence electrons. The second kappa shape index (κ2) is 15.1. The Labute approximate surface area is 243 Å². The number of carbonyl (C=O) groups excluding carboxylic acids is 3. The molecule has 9 heteroatoms. The summed E-state index contributed by atoms with van der Waals surface area (Å²) in [6, 6.07) is -0.733. The average molecular weight is 582 g/mol. The van der Waals surface area contributed by atoms with Crippen LogP contribution in [0.25, 0.3) is 0 Å². The summed E-state index contributed by atoms with van der Waals surface area (Å²) in [6.45, 7) is 7.66. The van der Waals surface area contributed by atoms with E-state index in [0.717, 1.165) is 19.3 Å². The molecule has 1 saturated heterocycles. The van der Waals surface area contributed by atoms with E-state index in [1.165, 1.54) is 55.7 Å². The number of carbonyl (C=O) groups is 3. The van der Waals surface area contributed by atoms with Gasteiger partial charge < -0.3 is 10.6 Å². The highest BCUT2D eigenvalue weighted by Crippen LogP contribution is 2.64. The fourth-order valence-corrected chi connectivity index (χ4v) is 9.81. The molecule has 8 nitrogen and oxygen atoms in total. The SMILES string of the molecule is CCCCCCCCCCCCNC(=O)CCCNC(=O)[C@@H]1CCCN1S(=O)(=O)CC12CCC(CC1=O)C2(C)C. The van der Waals surface area contributed by atoms with Crippen LogP contribution >= 0.6 is 0 Å². The molecule has 0 aromatic rings. The predicted octanol–water partition coefficient (Wildman–Crippen LogP) is 5.11. The van der Waals surface area contributed by atoms with Gasteiger partial charge in [0.2, 0.25) is 21.8 Å². The van der Waals surface area contributed by atoms with Gasteiger partial charge in [0.25, 0.3) is 0 Å². The Hall–Kier alpha value is -1.48. The number of hydrogen-bond acceptors (Lipinski definition) is 5.